The molecular weight excluding hydrogens is 338 g/mol. The Hall–Kier alpha value is -3.08. The van der Waals surface area contributed by atoms with E-state index >= 15 is 0 Å². The van der Waals surface area contributed by atoms with E-state index in [0.717, 1.165) is 36.0 Å². The first-order valence-corrected chi connectivity index (χ1v) is 9.24. The molecule has 0 atom stereocenters. The van der Waals surface area contributed by atoms with Crippen LogP contribution in [0.15, 0.2) is 59.1 Å². The number of carbonyl (C=O) groups excluding carboxylic acids is 1. The fourth-order valence-corrected chi connectivity index (χ4v) is 3.51. The second-order valence-electron chi connectivity index (χ2n) is 6.91. The van der Waals surface area contributed by atoms with Gasteiger partial charge in [-0.1, -0.05) is 18.2 Å². The molecule has 3 aromatic rings. The van der Waals surface area contributed by atoms with E-state index < -0.39 is 0 Å². The topological polar surface area (TPSA) is 49.6 Å². The van der Waals surface area contributed by atoms with Crippen LogP contribution in [-0.2, 0) is 0 Å². The lowest BCUT2D eigenvalue weighted by molar-refractivity contribution is 0.0746. The van der Waals surface area contributed by atoms with Crippen molar-refractivity contribution in [2.45, 2.75) is 13.8 Å². The highest BCUT2D eigenvalue weighted by molar-refractivity contribution is 5.95. The zero-order valence-electron chi connectivity index (χ0n) is 15.7. The van der Waals surface area contributed by atoms with E-state index in [-0.39, 0.29) is 5.91 Å². The van der Waals surface area contributed by atoms with Gasteiger partial charge in [0.2, 0.25) is 0 Å². The maximum absolute atomic E-state index is 13.0. The summed E-state index contributed by atoms with van der Waals surface area (Å²) in [4.78, 5) is 21.6. The van der Waals surface area contributed by atoms with Crippen molar-refractivity contribution in [2.24, 2.45) is 0 Å². The second kappa shape index (κ2) is 7.27. The Bertz CT molecular complexity index is 955. The minimum atomic E-state index is 0.0671. The van der Waals surface area contributed by atoms with Crippen molar-refractivity contribution >= 4 is 11.7 Å². The van der Waals surface area contributed by atoms with Crippen molar-refractivity contribution < 1.29 is 9.21 Å². The molecule has 0 saturated carbocycles. The third-order valence-corrected chi connectivity index (χ3v) is 4.98. The van der Waals surface area contributed by atoms with Gasteiger partial charge in [-0.2, -0.15) is 0 Å². The smallest absolute Gasteiger partial charge is 0.253 e. The van der Waals surface area contributed by atoms with Crippen molar-refractivity contribution in [1.29, 1.82) is 0 Å². The van der Waals surface area contributed by atoms with Gasteiger partial charge in [-0.25, -0.2) is 4.98 Å². The summed E-state index contributed by atoms with van der Waals surface area (Å²) < 4.78 is 5.69. The van der Waals surface area contributed by atoms with Crippen molar-refractivity contribution in [1.82, 2.24) is 9.88 Å². The van der Waals surface area contributed by atoms with Gasteiger partial charge >= 0.3 is 0 Å². The highest BCUT2D eigenvalue weighted by atomic mass is 16.3. The Morgan fingerprint density at radius 3 is 2.52 bits per heavy atom. The minimum absolute atomic E-state index is 0.0671. The van der Waals surface area contributed by atoms with E-state index in [1.54, 1.807) is 0 Å². The summed E-state index contributed by atoms with van der Waals surface area (Å²) in [5.74, 6) is 2.73. The lowest BCUT2D eigenvalue weighted by Crippen LogP contribution is -2.49. The molecular formula is C22H23N3O2. The maximum Gasteiger partial charge on any atom is 0.253 e. The number of hydrogen-bond acceptors (Lipinski definition) is 4. The largest absolute Gasteiger partial charge is 0.461 e. The molecule has 0 bridgehead atoms. The van der Waals surface area contributed by atoms with Gasteiger partial charge in [0.15, 0.2) is 0 Å². The summed E-state index contributed by atoms with van der Waals surface area (Å²) in [5.41, 5.74) is 2.79. The molecule has 138 valence electrons. The first-order chi connectivity index (χ1) is 13.1. The molecule has 3 heterocycles. The second-order valence-corrected chi connectivity index (χ2v) is 6.91. The van der Waals surface area contributed by atoms with Crippen molar-refractivity contribution in [3.05, 3.63) is 71.6 Å². The lowest BCUT2D eigenvalue weighted by atomic mass is 10.1. The van der Waals surface area contributed by atoms with E-state index in [2.05, 4.69) is 22.9 Å². The number of aryl methyl sites for hydroxylation is 2. The zero-order chi connectivity index (χ0) is 18.8. The molecule has 4 rings (SSSR count). The number of benzene rings is 1. The number of furan rings is 1. The Morgan fingerprint density at radius 1 is 1.00 bits per heavy atom. The molecule has 27 heavy (non-hydrogen) atoms. The predicted molar refractivity (Wildman–Crippen MR) is 106 cm³/mol. The molecule has 0 radical (unpaired) electrons. The minimum Gasteiger partial charge on any atom is -0.461 e. The number of amides is 1. The molecule has 1 fully saturated rings. The van der Waals surface area contributed by atoms with Crippen LogP contribution < -0.4 is 4.90 Å². The summed E-state index contributed by atoms with van der Waals surface area (Å²) in [7, 11) is 0. The van der Waals surface area contributed by atoms with Crippen LogP contribution in [0.2, 0.25) is 0 Å². The number of carbonyl (C=O) groups is 1. The van der Waals surface area contributed by atoms with E-state index in [1.807, 2.05) is 60.5 Å². The van der Waals surface area contributed by atoms with Crippen LogP contribution in [0.4, 0.5) is 5.82 Å². The number of pyridine rings is 1. The van der Waals surface area contributed by atoms with Crippen LogP contribution in [0.3, 0.4) is 0 Å². The number of nitrogens with zero attached hydrogens (tertiary/aromatic N) is 3. The number of aromatic nitrogens is 1. The van der Waals surface area contributed by atoms with Crippen LogP contribution >= 0.6 is 0 Å². The molecule has 1 aromatic carbocycles. The average molecular weight is 361 g/mol. The predicted octanol–water partition coefficient (Wildman–Crippen LogP) is 3.92. The summed E-state index contributed by atoms with van der Waals surface area (Å²) in [5, 5.41) is 0. The van der Waals surface area contributed by atoms with Crippen LogP contribution in [0.5, 0.6) is 0 Å². The molecule has 2 aromatic heterocycles. The monoisotopic (exact) mass is 361 g/mol. The molecule has 5 heteroatoms. The maximum atomic E-state index is 13.0. The Balaban J connectivity index is 1.46. The molecule has 1 aliphatic heterocycles. The summed E-state index contributed by atoms with van der Waals surface area (Å²) in [6.45, 7) is 6.96. The third kappa shape index (κ3) is 3.58. The fraction of sp³-hybridized carbons (Fsp3) is 0.273. The van der Waals surface area contributed by atoms with Crippen LogP contribution in [0, 0.1) is 13.8 Å². The van der Waals surface area contributed by atoms with Crippen LogP contribution in [0.1, 0.15) is 21.7 Å². The van der Waals surface area contributed by atoms with Gasteiger partial charge < -0.3 is 14.2 Å². The van der Waals surface area contributed by atoms with E-state index in [0.29, 0.717) is 18.7 Å². The summed E-state index contributed by atoms with van der Waals surface area (Å²) >= 11 is 0. The van der Waals surface area contributed by atoms with Crippen molar-refractivity contribution in [3.8, 4) is 11.3 Å². The Kier molecular flexibility index (Phi) is 4.67. The van der Waals surface area contributed by atoms with Gasteiger partial charge in [0, 0.05) is 43.5 Å². The van der Waals surface area contributed by atoms with Gasteiger partial charge in [0.1, 0.15) is 17.3 Å². The van der Waals surface area contributed by atoms with Crippen LogP contribution in [0.25, 0.3) is 11.3 Å². The normalized spacial score (nSPS) is 14.4. The highest BCUT2D eigenvalue weighted by Crippen LogP contribution is 2.24. The molecule has 5 nitrogen and oxygen atoms in total. The molecule has 1 saturated heterocycles. The van der Waals surface area contributed by atoms with Crippen molar-refractivity contribution in [2.75, 3.05) is 31.1 Å². The first kappa shape index (κ1) is 17.3. The average Bonchev–Trinajstić information content (AvgIpc) is 3.14. The number of anilines is 1. The molecule has 1 aliphatic rings. The SMILES string of the molecule is Cc1ccc(-c2cccc(C(=O)N3CCN(c4ncccc4C)CC3)c2)o1. The third-order valence-electron chi connectivity index (χ3n) is 4.98. The highest BCUT2D eigenvalue weighted by Gasteiger charge is 2.23. The van der Waals surface area contributed by atoms with Gasteiger partial charge in [0.05, 0.1) is 0 Å². The summed E-state index contributed by atoms with van der Waals surface area (Å²) in [6.07, 6.45) is 1.82. The molecule has 0 aliphatic carbocycles. The Labute approximate surface area is 159 Å². The quantitative estimate of drug-likeness (QED) is 0.709. The molecule has 0 spiro atoms. The van der Waals surface area contributed by atoms with Gasteiger partial charge in [0.25, 0.3) is 5.91 Å². The zero-order valence-corrected chi connectivity index (χ0v) is 15.7. The fourth-order valence-electron chi connectivity index (χ4n) is 3.51. The Morgan fingerprint density at radius 2 is 1.81 bits per heavy atom. The van der Waals surface area contributed by atoms with E-state index in [4.69, 9.17) is 4.42 Å². The lowest BCUT2D eigenvalue weighted by Gasteiger charge is -2.36. The number of piperazine rings is 1. The number of hydrogen-bond donors (Lipinski definition) is 0. The van der Waals surface area contributed by atoms with Gasteiger partial charge in [-0.3, -0.25) is 4.79 Å². The van der Waals surface area contributed by atoms with Gasteiger partial charge in [-0.05, 0) is 49.7 Å². The standard InChI is InChI=1S/C22H23N3O2/c1-16-5-4-10-23-21(16)24-11-13-25(14-12-24)22(26)19-7-3-6-18(15-19)20-9-8-17(2)27-20/h3-10,15H,11-14H2,1-2H3. The molecule has 0 N–H and O–H groups in total. The van der Waals surface area contributed by atoms with Gasteiger partial charge in [-0.15, -0.1) is 0 Å². The molecule has 0 unspecified atom stereocenters. The number of rotatable bonds is 3. The van der Waals surface area contributed by atoms with E-state index in [9.17, 15) is 4.79 Å². The first-order valence-electron chi connectivity index (χ1n) is 9.24. The van der Waals surface area contributed by atoms with Crippen molar-refractivity contribution in [3.63, 3.8) is 0 Å². The van der Waals surface area contributed by atoms with Crippen LogP contribution in [-0.4, -0.2) is 42.0 Å². The van der Waals surface area contributed by atoms with E-state index in [1.165, 1.54) is 5.56 Å². The molecule has 1 amide bonds. The summed E-state index contributed by atoms with van der Waals surface area (Å²) in [6, 6.07) is 15.6.